The van der Waals surface area contributed by atoms with Gasteiger partial charge in [-0.25, -0.2) is 30.3 Å². The minimum Gasteiger partial charge on any atom is -0.279 e. The topological polar surface area (TPSA) is 92.3 Å². The molecule has 0 aliphatic rings. The van der Waals surface area contributed by atoms with Crippen molar-refractivity contribution in [2.24, 2.45) is 0 Å². The number of unbranched alkanes of at least 4 members (excludes halogenated alkanes) is 1. The third kappa shape index (κ3) is 4.99. The van der Waals surface area contributed by atoms with E-state index in [9.17, 15) is 25.6 Å². The quantitative estimate of drug-likeness (QED) is 0.662. The molecule has 0 radical (unpaired) electrons. The third-order valence-electron chi connectivity index (χ3n) is 3.40. The van der Waals surface area contributed by atoms with Crippen molar-refractivity contribution in [2.45, 2.75) is 29.6 Å². The average Bonchev–Trinajstić information content (AvgIpc) is 2.57. The Bertz CT molecular complexity index is 993. The molecule has 0 aromatic heterocycles. The van der Waals surface area contributed by atoms with Crippen LogP contribution in [-0.2, 0) is 20.0 Å². The lowest BCUT2D eigenvalue weighted by atomic mass is 10.3. The van der Waals surface area contributed by atoms with Gasteiger partial charge < -0.3 is 0 Å². The predicted molar refractivity (Wildman–Crippen MR) is 93.7 cm³/mol. The van der Waals surface area contributed by atoms with E-state index in [0.29, 0.717) is 18.6 Å². The summed E-state index contributed by atoms with van der Waals surface area (Å²) in [5, 5.41) is 0. The average molecular weight is 404 g/mol. The van der Waals surface area contributed by atoms with E-state index in [4.69, 9.17) is 0 Å². The van der Waals surface area contributed by atoms with E-state index in [-0.39, 0.29) is 17.1 Å². The maximum atomic E-state index is 13.7. The van der Waals surface area contributed by atoms with E-state index in [1.165, 1.54) is 18.2 Å². The summed E-state index contributed by atoms with van der Waals surface area (Å²) >= 11 is 0. The molecule has 0 spiro atoms. The van der Waals surface area contributed by atoms with E-state index in [1.807, 2.05) is 6.92 Å². The summed E-state index contributed by atoms with van der Waals surface area (Å²) in [6, 6.07) is 7.09. The molecule has 0 atom stereocenters. The van der Waals surface area contributed by atoms with E-state index in [1.54, 1.807) is 0 Å². The van der Waals surface area contributed by atoms with Gasteiger partial charge in [0, 0.05) is 6.54 Å². The standard InChI is InChI=1S/C16H18F2N2O4S2/c1-2-3-9-19-25(21,22)14-6-4-5-13(11-14)20-26(23,24)16-10-12(17)7-8-15(16)18/h4-8,10-11,19-20H,2-3,9H2,1H3. The summed E-state index contributed by atoms with van der Waals surface area (Å²) in [6.07, 6.45) is 1.46. The molecule has 2 aromatic carbocycles. The molecule has 2 N–H and O–H groups in total. The Morgan fingerprint density at radius 3 is 2.38 bits per heavy atom. The van der Waals surface area contributed by atoms with Crippen LogP contribution in [0.25, 0.3) is 0 Å². The smallest absolute Gasteiger partial charge is 0.264 e. The zero-order valence-electron chi connectivity index (χ0n) is 13.9. The van der Waals surface area contributed by atoms with Gasteiger partial charge in [-0.2, -0.15) is 0 Å². The summed E-state index contributed by atoms with van der Waals surface area (Å²) in [5.41, 5.74) is -0.0907. The molecule has 0 aliphatic carbocycles. The molecule has 2 rings (SSSR count). The minimum absolute atomic E-state index is 0.0907. The molecule has 142 valence electrons. The Kier molecular flexibility index (Phi) is 6.32. The largest absolute Gasteiger partial charge is 0.279 e. The highest BCUT2D eigenvalue weighted by Gasteiger charge is 2.21. The van der Waals surface area contributed by atoms with Gasteiger partial charge in [0.1, 0.15) is 16.5 Å². The second kappa shape index (κ2) is 8.11. The van der Waals surface area contributed by atoms with Crippen molar-refractivity contribution in [3.8, 4) is 0 Å². The van der Waals surface area contributed by atoms with Crippen LogP contribution in [0.3, 0.4) is 0 Å². The third-order valence-corrected chi connectivity index (χ3v) is 6.26. The molecule has 0 heterocycles. The number of hydrogen-bond acceptors (Lipinski definition) is 4. The number of sulfonamides is 2. The number of rotatable bonds is 8. The lowest BCUT2D eigenvalue weighted by Crippen LogP contribution is -2.25. The van der Waals surface area contributed by atoms with E-state index < -0.39 is 36.6 Å². The van der Waals surface area contributed by atoms with Crippen LogP contribution in [0, 0.1) is 11.6 Å². The molecule has 0 aliphatic heterocycles. The minimum atomic E-state index is -4.43. The van der Waals surface area contributed by atoms with Gasteiger partial charge >= 0.3 is 0 Å². The van der Waals surface area contributed by atoms with Crippen molar-refractivity contribution >= 4 is 25.7 Å². The van der Waals surface area contributed by atoms with Crippen molar-refractivity contribution in [3.05, 3.63) is 54.1 Å². The highest BCUT2D eigenvalue weighted by atomic mass is 32.2. The Morgan fingerprint density at radius 1 is 0.962 bits per heavy atom. The second-order valence-electron chi connectivity index (χ2n) is 5.46. The first-order valence-corrected chi connectivity index (χ1v) is 10.7. The number of benzene rings is 2. The van der Waals surface area contributed by atoms with Crippen LogP contribution in [0.2, 0.25) is 0 Å². The first-order valence-electron chi connectivity index (χ1n) is 7.73. The first kappa shape index (κ1) is 20.3. The van der Waals surface area contributed by atoms with Crippen LogP contribution >= 0.6 is 0 Å². The van der Waals surface area contributed by atoms with Gasteiger partial charge in [-0.1, -0.05) is 19.4 Å². The van der Waals surface area contributed by atoms with Crippen LogP contribution in [0.15, 0.2) is 52.3 Å². The van der Waals surface area contributed by atoms with Gasteiger partial charge in [-0.15, -0.1) is 0 Å². The van der Waals surface area contributed by atoms with Gasteiger partial charge in [0.2, 0.25) is 10.0 Å². The molecular weight excluding hydrogens is 386 g/mol. The fourth-order valence-electron chi connectivity index (χ4n) is 2.09. The maximum absolute atomic E-state index is 13.7. The van der Waals surface area contributed by atoms with Crippen LogP contribution in [0.5, 0.6) is 0 Å². The van der Waals surface area contributed by atoms with Crippen molar-refractivity contribution in [2.75, 3.05) is 11.3 Å². The maximum Gasteiger partial charge on any atom is 0.264 e. The summed E-state index contributed by atoms with van der Waals surface area (Å²) < 4.78 is 80.3. The first-order chi connectivity index (χ1) is 12.2. The normalized spacial score (nSPS) is 12.1. The zero-order chi connectivity index (χ0) is 19.4. The summed E-state index contributed by atoms with van der Waals surface area (Å²) in [4.78, 5) is -1.01. The van der Waals surface area contributed by atoms with E-state index in [0.717, 1.165) is 18.6 Å². The molecule has 0 saturated heterocycles. The van der Waals surface area contributed by atoms with Gasteiger partial charge in [0.25, 0.3) is 10.0 Å². The SMILES string of the molecule is CCCCNS(=O)(=O)c1cccc(NS(=O)(=O)c2cc(F)ccc2F)c1. The van der Waals surface area contributed by atoms with Crippen molar-refractivity contribution in [1.82, 2.24) is 4.72 Å². The fourth-order valence-corrected chi connectivity index (χ4v) is 4.35. The van der Waals surface area contributed by atoms with E-state index in [2.05, 4.69) is 9.44 Å². The lowest BCUT2D eigenvalue weighted by Gasteiger charge is -2.11. The predicted octanol–water partition coefficient (Wildman–Crippen LogP) is 2.84. The summed E-state index contributed by atoms with van der Waals surface area (Å²) in [7, 11) is -8.24. The molecular formula is C16H18F2N2O4S2. The van der Waals surface area contributed by atoms with Crippen molar-refractivity contribution < 1.29 is 25.6 Å². The van der Waals surface area contributed by atoms with Crippen molar-refractivity contribution in [3.63, 3.8) is 0 Å². The summed E-state index contributed by atoms with van der Waals surface area (Å²) in [5.74, 6) is -2.04. The zero-order valence-corrected chi connectivity index (χ0v) is 15.5. The second-order valence-corrected chi connectivity index (χ2v) is 8.88. The van der Waals surface area contributed by atoms with Gasteiger partial charge in [-0.3, -0.25) is 4.72 Å². The molecule has 0 fully saturated rings. The van der Waals surface area contributed by atoms with Crippen molar-refractivity contribution in [1.29, 1.82) is 0 Å². The van der Waals surface area contributed by atoms with Gasteiger partial charge in [-0.05, 0) is 42.8 Å². The van der Waals surface area contributed by atoms with Gasteiger partial charge in [0.05, 0.1) is 10.6 Å². The molecule has 0 unspecified atom stereocenters. The molecule has 10 heteroatoms. The Balaban J connectivity index is 2.29. The lowest BCUT2D eigenvalue weighted by molar-refractivity contribution is 0.555. The highest BCUT2D eigenvalue weighted by Crippen LogP contribution is 2.22. The number of nitrogens with one attached hydrogen (secondary N) is 2. The van der Waals surface area contributed by atoms with Crippen LogP contribution < -0.4 is 9.44 Å². The number of hydrogen-bond donors (Lipinski definition) is 2. The van der Waals surface area contributed by atoms with Crippen LogP contribution in [-0.4, -0.2) is 23.4 Å². The summed E-state index contributed by atoms with van der Waals surface area (Å²) in [6.45, 7) is 2.17. The van der Waals surface area contributed by atoms with Crippen LogP contribution in [0.1, 0.15) is 19.8 Å². The Labute approximate surface area is 151 Å². The highest BCUT2D eigenvalue weighted by molar-refractivity contribution is 7.92. The monoisotopic (exact) mass is 404 g/mol. The Hall–Kier alpha value is -2.04. The molecule has 26 heavy (non-hydrogen) atoms. The molecule has 2 aromatic rings. The number of halogens is 2. The van der Waals surface area contributed by atoms with Gasteiger partial charge in [0.15, 0.2) is 0 Å². The number of anilines is 1. The molecule has 0 bridgehead atoms. The van der Waals surface area contributed by atoms with Crippen LogP contribution in [0.4, 0.5) is 14.5 Å². The molecule has 6 nitrogen and oxygen atoms in total. The molecule has 0 amide bonds. The molecule has 0 saturated carbocycles. The fraction of sp³-hybridized carbons (Fsp3) is 0.250. The van der Waals surface area contributed by atoms with E-state index >= 15 is 0 Å². The Morgan fingerprint density at radius 2 is 1.69 bits per heavy atom.